The summed E-state index contributed by atoms with van der Waals surface area (Å²) in [5, 5.41) is 7.06. The zero-order chi connectivity index (χ0) is 11.1. The number of hydrogen-bond donors (Lipinski definition) is 2. The second kappa shape index (κ2) is 6.54. The predicted octanol–water partition coefficient (Wildman–Crippen LogP) is 2.51. The molecule has 0 amide bonds. The number of allylic oxidation sites excluding steroid dienone is 3. The topological polar surface area (TPSA) is 24.1 Å². The van der Waals surface area contributed by atoms with Gasteiger partial charge in [0.05, 0.1) is 6.04 Å². The van der Waals surface area contributed by atoms with Crippen LogP contribution in [0.15, 0.2) is 36.6 Å². The molecule has 1 heterocycles. The Bertz CT molecular complexity index is 278. The first-order chi connectivity index (χ1) is 7.97. The van der Waals surface area contributed by atoms with E-state index in [-0.39, 0.29) is 0 Å². The zero-order valence-electron chi connectivity index (χ0n) is 9.86. The van der Waals surface area contributed by atoms with E-state index in [1.54, 1.807) is 0 Å². The summed E-state index contributed by atoms with van der Waals surface area (Å²) in [4.78, 5) is 0. The molecule has 0 spiro atoms. The summed E-state index contributed by atoms with van der Waals surface area (Å²) in [6.07, 6.45) is 19.6. The maximum Gasteiger partial charge on any atom is 0.0631 e. The Labute approximate surface area is 98.5 Å². The van der Waals surface area contributed by atoms with Gasteiger partial charge in [-0.1, -0.05) is 43.2 Å². The lowest BCUT2D eigenvalue weighted by Crippen LogP contribution is -2.45. The van der Waals surface area contributed by atoms with E-state index in [1.165, 1.54) is 32.1 Å². The monoisotopic (exact) mass is 218 g/mol. The fourth-order valence-corrected chi connectivity index (χ4v) is 2.23. The van der Waals surface area contributed by atoms with Crippen LogP contribution in [-0.4, -0.2) is 18.6 Å². The summed E-state index contributed by atoms with van der Waals surface area (Å²) >= 11 is 0. The van der Waals surface area contributed by atoms with Gasteiger partial charge in [-0.3, -0.25) is 0 Å². The summed E-state index contributed by atoms with van der Waals surface area (Å²) in [5.41, 5.74) is 0. The maximum absolute atomic E-state index is 3.61. The average Bonchev–Trinajstić information content (AvgIpc) is 2.30. The van der Waals surface area contributed by atoms with E-state index >= 15 is 0 Å². The van der Waals surface area contributed by atoms with Crippen LogP contribution in [0.5, 0.6) is 0 Å². The van der Waals surface area contributed by atoms with Crippen molar-refractivity contribution in [2.75, 3.05) is 6.54 Å². The van der Waals surface area contributed by atoms with Crippen molar-refractivity contribution < 1.29 is 0 Å². The van der Waals surface area contributed by atoms with Gasteiger partial charge in [-0.25, -0.2) is 0 Å². The van der Waals surface area contributed by atoms with Gasteiger partial charge in [-0.2, -0.15) is 0 Å². The molecule has 0 saturated carbocycles. The molecule has 0 aromatic rings. The van der Waals surface area contributed by atoms with Crippen LogP contribution in [0.2, 0.25) is 0 Å². The van der Waals surface area contributed by atoms with E-state index < -0.39 is 0 Å². The van der Waals surface area contributed by atoms with Crippen molar-refractivity contribution in [3.63, 3.8) is 0 Å². The van der Waals surface area contributed by atoms with Gasteiger partial charge in [0, 0.05) is 6.04 Å². The summed E-state index contributed by atoms with van der Waals surface area (Å²) in [6.45, 7) is 1.13. The zero-order valence-corrected chi connectivity index (χ0v) is 9.86. The van der Waals surface area contributed by atoms with Crippen molar-refractivity contribution in [1.82, 2.24) is 10.6 Å². The Balaban J connectivity index is 1.93. The lowest BCUT2D eigenvalue weighted by Gasteiger charge is -2.26. The molecule has 2 unspecified atom stereocenters. The van der Waals surface area contributed by atoms with Gasteiger partial charge in [0.25, 0.3) is 0 Å². The van der Waals surface area contributed by atoms with Gasteiger partial charge >= 0.3 is 0 Å². The van der Waals surface area contributed by atoms with Crippen LogP contribution in [0.25, 0.3) is 0 Å². The van der Waals surface area contributed by atoms with Crippen molar-refractivity contribution in [2.24, 2.45) is 0 Å². The SMILES string of the molecule is C1=CC2N/C=C/CCCCCCNC2C=C1. The first-order valence-electron chi connectivity index (χ1n) is 6.46. The number of hydrogen-bond acceptors (Lipinski definition) is 2. The molecule has 2 rings (SSSR count). The largest absolute Gasteiger partial charge is 0.383 e. The van der Waals surface area contributed by atoms with Crippen LogP contribution in [0.1, 0.15) is 32.1 Å². The normalized spacial score (nSPS) is 33.0. The fourth-order valence-electron chi connectivity index (χ4n) is 2.23. The third-order valence-corrected chi connectivity index (χ3v) is 3.22. The van der Waals surface area contributed by atoms with Crippen LogP contribution in [-0.2, 0) is 0 Å². The summed E-state index contributed by atoms with van der Waals surface area (Å²) in [7, 11) is 0. The molecule has 2 nitrogen and oxygen atoms in total. The molecule has 0 aromatic heterocycles. The molecule has 0 aromatic carbocycles. The lowest BCUT2D eigenvalue weighted by atomic mass is 10.0. The third kappa shape index (κ3) is 3.53. The highest BCUT2D eigenvalue weighted by Gasteiger charge is 2.15. The first kappa shape index (κ1) is 11.5. The van der Waals surface area contributed by atoms with E-state index in [2.05, 4.69) is 47.2 Å². The van der Waals surface area contributed by atoms with E-state index in [4.69, 9.17) is 0 Å². The van der Waals surface area contributed by atoms with E-state index in [0.717, 1.165) is 6.54 Å². The Kier molecular flexibility index (Phi) is 4.69. The minimum absolute atomic E-state index is 0.403. The van der Waals surface area contributed by atoms with Crippen LogP contribution in [0, 0.1) is 0 Å². The van der Waals surface area contributed by atoms with Crippen molar-refractivity contribution >= 4 is 0 Å². The molecule has 1 aliphatic heterocycles. The molecule has 0 bridgehead atoms. The van der Waals surface area contributed by atoms with Gasteiger partial charge in [0.2, 0.25) is 0 Å². The molecule has 1 aliphatic carbocycles. The fraction of sp³-hybridized carbons (Fsp3) is 0.571. The van der Waals surface area contributed by atoms with E-state index in [0.29, 0.717) is 12.1 Å². The van der Waals surface area contributed by atoms with E-state index in [9.17, 15) is 0 Å². The van der Waals surface area contributed by atoms with Crippen molar-refractivity contribution in [2.45, 2.75) is 44.2 Å². The molecule has 88 valence electrons. The quantitative estimate of drug-likeness (QED) is 0.653. The lowest BCUT2D eigenvalue weighted by molar-refractivity contribution is 0.484. The summed E-state index contributed by atoms with van der Waals surface area (Å²) < 4.78 is 0. The molecule has 2 aliphatic rings. The van der Waals surface area contributed by atoms with Gasteiger partial charge in [-0.05, 0) is 32.0 Å². The first-order valence-corrected chi connectivity index (χ1v) is 6.46. The Morgan fingerprint density at radius 2 is 1.69 bits per heavy atom. The van der Waals surface area contributed by atoms with Crippen LogP contribution in [0.3, 0.4) is 0 Å². The van der Waals surface area contributed by atoms with Gasteiger partial charge in [-0.15, -0.1) is 0 Å². The van der Waals surface area contributed by atoms with Crippen molar-refractivity contribution in [3.05, 3.63) is 36.6 Å². The second-order valence-electron chi connectivity index (χ2n) is 4.55. The molecular weight excluding hydrogens is 196 g/mol. The van der Waals surface area contributed by atoms with E-state index in [1.807, 2.05) is 0 Å². The molecule has 2 atom stereocenters. The number of fused-ring (bicyclic) bond motifs is 1. The smallest absolute Gasteiger partial charge is 0.0631 e. The van der Waals surface area contributed by atoms with Crippen molar-refractivity contribution in [3.8, 4) is 0 Å². The van der Waals surface area contributed by atoms with Gasteiger partial charge in [0.15, 0.2) is 0 Å². The van der Waals surface area contributed by atoms with Crippen LogP contribution in [0.4, 0.5) is 0 Å². The molecule has 16 heavy (non-hydrogen) atoms. The Hall–Kier alpha value is -1.02. The molecule has 2 heteroatoms. The molecule has 0 radical (unpaired) electrons. The maximum atomic E-state index is 3.61. The average molecular weight is 218 g/mol. The Morgan fingerprint density at radius 1 is 0.875 bits per heavy atom. The van der Waals surface area contributed by atoms with Crippen molar-refractivity contribution in [1.29, 1.82) is 0 Å². The molecule has 2 N–H and O–H groups in total. The van der Waals surface area contributed by atoms with Gasteiger partial charge in [0.1, 0.15) is 0 Å². The highest BCUT2D eigenvalue weighted by atomic mass is 15.0. The summed E-state index contributed by atoms with van der Waals surface area (Å²) in [6, 6.07) is 0.842. The minimum atomic E-state index is 0.403. The molecular formula is C14H22N2. The van der Waals surface area contributed by atoms with Gasteiger partial charge < -0.3 is 10.6 Å². The number of nitrogens with one attached hydrogen (secondary N) is 2. The predicted molar refractivity (Wildman–Crippen MR) is 69.2 cm³/mol. The minimum Gasteiger partial charge on any atom is -0.383 e. The molecule has 0 fully saturated rings. The summed E-state index contributed by atoms with van der Waals surface area (Å²) in [5.74, 6) is 0. The number of rotatable bonds is 0. The molecule has 0 saturated heterocycles. The third-order valence-electron chi connectivity index (χ3n) is 3.22. The highest BCUT2D eigenvalue weighted by molar-refractivity contribution is 5.20. The van der Waals surface area contributed by atoms with Crippen LogP contribution >= 0.6 is 0 Å². The van der Waals surface area contributed by atoms with Crippen LogP contribution < -0.4 is 10.6 Å². The standard InChI is InChI=1S/C14H22N2/c1-2-4-8-12-16-14-10-6-5-9-13(14)15-11-7-3-1/h5-7,9-11,13-16H,1-4,8,12H2/b11-7+. The Morgan fingerprint density at radius 3 is 2.62 bits per heavy atom. The second-order valence-corrected chi connectivity index (χ2v) is 4.55. The highest BCUT2D eigenvalue weighted by Crippen LogP contribution is 2.08.